The summed E-state index contributed by atoms with van der Waals surface area (Å²) in [7, 11) is 0. The number of halogens is 1. The van der Waals surface area contributed by atoms with E-state index in [4.69, 9.17) is 0 Å². The number of carbonyl (C=O) groups is 1. The fraction of sp³-hybridized carbons (Fsp3) is 0.222. The van der Waals surface area contributed by atoms with Crippen LogP contribution < -0.4 is 10.2 Å². The molecule has 3 aromatic rings. The monoisotopic (exact) mass is 353 g/mol. The summed E-state index contributed by atoms with van der Waals surface area (Å²) < 4.78 is 13.8. The first-order valence-corrected chi connectivity index (χ1v) is 8.21. The van der Waals surface area contributed by atoms with E-state index in [9.17, 15) is 14.3 Å². The van der Waals surface area contributed by atoms with Crippen LogP contribution in [0.4, 0.5) is 15.9 Å². The summed E-state index contributed by atoms with van der Waals surface area (Å²) in [5, 5.41) is 12.8. The molecule has 1 aromatic carbocycles. The van der Waals surface area contributed by atoms with Gasteiger partial charge in [0.15, 0.2) is 0 Å². The number of hydrogen-bond donors (Lipinski definition) is 2. The topological polar surface area (TPSA) is 91.2 Å². The lowest BCUT2D eigenvalue weighted by molar-refractivity contribution is 0.102. The molecule has 3 heterocycles. The van der Waals surface area contributed by atoms with Gasteiger partial charge in [-0.2, -0.15) is 0 Å². The number of amides is 1. The second kappa shape index (κ2) is 6.64. The number of anilines is 2. The standard InChI is InChI=1S/C18H16FN5O2/c19-12-6-11-2-1-4-20-17(11)14(7-12)23-18(26)15-8-22-16(9-21-15)24-5-3-13(25)10-24/h1-2,4,6-9,13,25H,3,5,10H2,(H,23,26). The van der Waals surface area contributed by atoms with Crippen molar-refractivity contribution in [2.45, 2.75) is 12.5 Å². The van der Waals surface area contributed by atoms with Crippen LogP contribution in [-0.2, 0) is 0 Å². The Hall–Kier alpha value is -3.13. The zero-order valence-electron chi connectivity index (χ0n) is 13.8. The predicted octanol–water partition coefficient (Wildman–Crippen LogP) is 1.99. The number of benzene rings is 1. The fourth-order valence-electron chi connectivity index (χ4n) is 2.99. The van der Waals surface area contributed by atoms with Crippen molar-refractivity contribution in [1.29, 1.82) is 0 Å². The van der Waals surface area contributed by atoms with Gasteiger partial charge in [0, 0.05) is 24.7 Å². The van der Waals surface area contributed by atoms with Gasteiger partial charge in [0.25, 0.3) is 5.91 Å². The molecule has 132 valence electrons. The third-order valence-electron chi connectivity index (χ3n) is 4.28. The normalized spacial score (nSPS) is 16.8. The molecule has 0 aliphatic carbocycles. The van der Waals surface area contributed by atoms with E-state index >= 15 is 0 Å². The molecular formula is C18H16FN5O2. The van der Waals surface area contributed by atoms with E-state index in [0.29, 0.717) is 36.2 Å². The van der Waals surface area contributed by atoms with Gasteiger partial charge in [-0.15, -0.1) is 0 Å². The average molecular weight is 353 g/mol. The van der Waals surface area contributed by atoms with Crippen molar-refractivity contribution in [3.8, 4) is 0 Å². The quantitative estimate of drug-likeness (QED) is 0.748. The highest BCUT2D eigenvalue weighted by atomic mass is 19.1. The van der Waals surface area contributed by atoms with Crippen molar-refractivity contribution in [3.63, 3.8) is 0 Å². The van der Waals surface area contributed by atoms with Gasteiger partial charge in [-0.1, -0.05) is 6.07 Å². The molecule has 1 saturated heterocycles. The Morgan fingerprint density at radius 3 is 2.88 bits per heavy atom. The molecule has 8 heteroatoms. The molecule has 0 radical (unpaired) electrons. The van der Waals surface area contributed by atoms with Crippen LogP contribution in [0.1, 0.15) is 16.9 Å². The van der Waals surface area contributed by atoms with Crippen molar-refractivity contribution < 1.29 is 14.3 Å². The third-order valence-corrected chi connectivity index (χ3v) is 4.28. The summed E-state index contributed by atoms with van der Waals surface area (Å²) in [6, 6.07) is 6.00. The first-order chi connectivity index (χ1) is 12.6. The molecule has 0 spiro atoms. The summed E-state index contributed by atoms with van der Waals surface area (Å²) in [6.45, 7) is 1.20. The van der Waals surface area contributed by atoms with E-state index in [1.165, 1.54) is 24.5 Å². The molecule has 1 amide bonds. The first-order valence-electron chi connectivity index (χ1n) is 8.21. The number of aromatic nitrogens is 3. The van der Waals surface area contributed by atoms with Crippen LogP contribution in [0.5, 0.6) is 0 Å². The number of hydrogen-bond acceptors (Lipinski definition) is 6. The van der Waals surface area contributed by atoms with Gasteiger partial charge < -0.3 is 15.3 Å². The van der Waals surface area contributed by atoms with Crippen LogP contribution in [0.2, 0.25) is 0 Å². The lowest BCUT2D eigenvalue weighted by Gasteiger charge is -2.16. The number of nitrogens with zero attached hydrogens (tertiary/aromatic N) is 4. The molecule has 2 N–H and O–H groups in total. The van der Waals surface area contributed by atoms with Gasteiger partial charge in [0.1, 0.15) is 17.3 Å². The molecule has 0 bridgehead atoms. The van der Waals surface area contributed by atoms with Gasteiger partial charge in [0.05, 0.1) is 29.7 Å². The third kappa shape index (κ3) is 3.18. The van der Waals surface area contributed by atoms with Crippen molar-refractivity contribution >= 4 is 28.3 Å². The molecule has 4 rings (SSSR count). The lowest BCUT2D eigenvalue weighted by Crippen LogP contribution is -2.23. The van der Waals surface area contributed by atoms with Crippen LogP contribution in [0.25, 0.3) is 10.9 Å². The molecule has 26 heavy (non-hydrogen) atoms. The maximum absolute atomic E-state index is 13.8. The maximum Gasteiger partial charge on any atom is 0.275 e. The van der Waals surface area contributed by atoms with E-state index < -0.39 is 11.7 Å². The molecule has 1 atom stereocenters. The smallest absolute Gasteiger partial charge is 0.275 e. The summed E-state index contributed by atoms with van der Waals surface area (Å²) in [5.74, 6) is -0.353. The van der Waals surface area contributed by atoms with Crippen LogP contribution in [0.3, 0.4) is 0 Å². The Bertz CT molecular complexity index is 963. The number of β-amino-alcohol motifs (C(OH)–C–C–N with tert-alkyl or cyclic N) is 1. The van der Waals surface area contributed by atoms with Gasteiger partial charge in [-0.3, -0.25) is 9.78 Å². The molecule has 0 saturated carbocycles. The summed E-state index contributed by atoms with van der Waals surface area (Å²) in [4.78, 5) is 26.9. The molecule has 1 aliphatic heterocycles. The highest BCUT2D eigenvalue weighted by Crippen LogP contribution is 2.23. The van der Waals surface area contributed by atoms with Gasteiger partial charge in [-0.05, 0) is 24.6 Å². The van der Waals surface area contributed by atoms with Crippen LogP contribution in [0.15, 0.2) is 42.9 Å². The SMILES string of the molecule is O=C(Nc1cc(F)cc2cccnc12)c1cnc(N2CCC(O)C2)cn1. The average Bonchev–Trinajstić information content (AvgIpc) is 3.08. The van der Waals surface area contributed by atoms with Crippen LogP contribution in [0, 0.1) is 5.82 Å². The van der Waals surface area contributed by atoms with E-state index in [1.54, 1.807) is 18.3 Å². The Kier molecular flexibility index (Phi) is 4.18. The second-order valence-corrected chi connectivity index (χ2v) is 6.13. The lowest BCUT2D eigenvalue weighted by atomic mass is 10.2. The zero-order valence-corrected chi connectivity index (χ0v) is 13.8. The number of rotatable bonds is 3. The van der Waals surface area contributed by atoms with Crippen molar-refractivity contribution in [2.24, 2.45) is 0 Å². The second-order valence-electron chi connectivity index (χ2n) is 6.13. The number of aliphatic hydroxyl groups is 1. The van der Waals surface area contributed by atoms with Crippen molar-refractivity contribution in [3.05, 3.63) is 54.4 Å². The van der Waals surface area contributed by atoms with E-state index in [1.807, 2.05) is 4.90 Å². The molecule has 1 unspecified atom stereocenters. The van der Waals surface area contributed by atoms with E-state index in [2.05, 4.69) is 20.3 Å². The van der Waals surface area contributed by atoms with Crippen LogP contribution >= 0.6 is 0 Å². The minimum Gasteiger partial charge on any atom is -0.391 e. The van der Waals surface area contributed by atoms with E-state index in [-0.39, 0.29) is 17.5 Å². The molecule has 1 fully saturated rings. The van der Waals surface area contributed by atoms with Crippen molar-refractivity contribution in [1.82, 2.24) is 15.0 Å². The van der Waals surface area contributed by atoms with Crippen molar-refractivity contribution in [2.75, 3.05) is 23.3 Å². The maximum atomic E-state index is 13.8. The van der Waals surface area contributed by atoms with Gasteiger partial charge >= 0.3 is 0 Å². The number of carbonyl (C=O) groups excluding carboxylic acids is 1. The highest BCUT2D eigenvalue weighted by Gasteiger charge is 2.22. The molecule has 7 nitrogen and oxygen atoms in total. The highest BCUT2D eigenvalue weighted by molar-refractivity contribution is 6.07. The van der Waals surface area contributed by atoms with Gasteiger partial charge in [0.2, 0.25) is 0 Å². The van der Waals surface area contributed by atoms with E-state index in [0.717, 1.165) is 0 Å². The summed E-state index contributed by atoms with van der Waals surface area (Å²) in [5.41, 5.74) is 0.888. The number of aliphatic hydroxyl groups excluding tert-OH is 1. The molecular weight excluding hydrogens is 337 g/mol. The number of pyridine rings is 1. The predicted molar refractivity (Wildman–Crippen MR) is 94.5 cm³/mol. The fourth-order valence-corrected chi connectivity index (χ4v) is 2.99. The number of fused-ring (bicyclic) bond motifs is 1. The Labute approximate surface area is 148 Å². The first kappa shape index (κ1) is 16.3. The Morgan fingerprint density at radius 2 is 2.15 bits per heavy atom. The number of nitrogens with one attached hydrogen (secondary N) is 1. The van der Waals surface area contributed by atoms with Gasteiger partial charge in [-0.25, -0.2) is 14.4 Å². The summed E-state index contributed by atoms with van der Waals surface area (Å²) in [6.07, 6.45) is 4.76. The molecule has 2 aromatic heterocycles. The Morgan fingerprint density at radius 1 is 1.27 bits per heavy atom. The Balaban J connectivity index is 1.55. The largest absolute Gasteiger partial charge is 0.391 e. The minimum absolute atomic E-state index is 0.113. The zero-order chi connectivity index (χ0) is 18.1. The van der Waals surface area contributed by atoms with Crippen LogP contribution in [-0.4, -0.2) is 45.2 Å². The summed E-state index contributed by atoms with van der Waals surface area (Å²) >= 11 is 0. The molecule has 1 aliphatic rings. The minimum atomic E-state index is -0.497.